The third kappa shape index (κ3) is 33.0. The first-order valence-electron chi connectivity index (χ1n) is 30.2. The van der Waals surface area contributed by atoms with Crippen LogP contribution in [0, 0.1) is 0 Å². The maximum atomic E-state index is 14.0. The van der Waals surface area contributed by atoms with E-state index < -0.39 is 188 Å². The normalized spacial score (nSPS) is 24.2. The van der Waals surface area contributed by atoms with Gasteiger partial charge in [0.2, 0.25) is 70.9 Å². The minimum atomic E-state index is -2.16. The minimum Gasteiger partial charge on any atom is -0.481 e. The number of rotatable bonds is 30. The van der Waals surface area contributed by atoms with Gasteiger partial charge in [0, 0.05) is 19.4 Å². The second-order valence-corrected chi connectivity index (χ2v) is 22.2. The molecule has 0 aromatic heterocycles. The van der Waals surface area contributed by atoms with Crippen molar-refractivity contribution >= 4 is 76.9 Å². The molecule has 0 bridgehead atoms. The van der Waals surface area contributed by atoms with E-state index >= 15 is 0 Å². The van der Waals surface area contributed by atoms with Crippen molar-refractivity contribution in [2.45, 2.75) is 261 Å². The zero-order chi connectivity index (χ0) is 65.8. The second-order valence-electron chi connectivity index (χ2n) is 22.2. The number of primary amides is 2. The molecule has 0 aliphatic carbocycles. The Morgan fingerprint density at radius 2 is 0.931 bits per heavy atom. The number of carbonyl (C=O) groups is 13. The molecule has 0 spiro atoms. The van der Waals surface area contributed by atoms with E-state index in [1.807, 2.05) is 6.92 Å². The molecule has 1 rings (SSSR count). The largest absolute Gasteiger partial charge is 0.481 e. The number of aliphatic hydroxyl groups is 5. The van der Waals surface area contributed by atoms with Crippen LogP contribution in [0.2, 0.25) is 0 Å². The zero-order valence-electron chi connectivity index (χ0n) is 50.8. The molecule has 1 saturated heterocycles. The van der Waals surface area contributed by atoms with E-state index in [2.05, 4.69) is 60.1 Å². The van der Waals surface area contributed by atoms with Gasteiger partial charge in [0.05, 0.1) is 43.8 Å². The summed E-state index contributed by atoms with van der Waals surface area (Å²) in [4.78, 5) is 173. The molecule has 13 atom stereocenters. The predicted octanol–water partition coefficient (Wildman–Crippen LogP) is -3.96. The highest BCUT2D eigenvalue weighted by Gasteiger charge is 2.38. The number of aliphatic carboxylic acids is 1. The number of nitrogens with two attached hydrogens (primary N) is 2. The van der Waals surface area contributed by atoms with Crippen LogP contribution in [0.4, 0.5) is 0 Å². The Morgan fingerprint density at radius 1 is 0.471 bits per heavy atom. The van der Waals surface area contributed by atoms with E-state index in [1.165, 1.54) is 0 Å². The highest BCUT2D eigenvalue weighted by molar-refractivity contribution is 6.00. The fourth-order valence-corrected chi connectivity index (χ4v) is 9.20. The van der Waals surface area contributed by atoms with Crippen LogP contribution < -0.4 is 64.6 Å². The van der Waals surface area contributed by atoms with Crippen LogP contribution in [0.15, 0.2) is 0 Å². The van der Waals surface area contributed by atoms with Crippen molar-refractivity contribution in [2.24, 2.45) is 11.5 Å². The number of hydrogen-bond acceptors (Lipinski definition) is 18. The van der Waals surface area contributed by atoms with Crippen molar-refractivity contribution in [3.8, 4) is 0 Å². The lowest BCUT2D eigenvalue weighted by atomic mass is 10.0. The van der Waals surface area contributed by atoms with Gasteiger partial charge in [0.1, 0.15) is 54.4 Å². The summed E-state index contributed by atoms with van der Waals surface area (Å²) in [7, 11) is 0. The molecule has 1 heterocycles. The number of hydrogen-bond donors (Lipinski definition) is 18. The Labute approximate surface area is 507 Å². The number of carbonyl (C=O) groups excluding carboxylic acids is 12. The van der Waals surface area contributed by atoms with Crippen LogP contribution in [0.5, 0.6) is 0 Å². The van der Waals surface area contributed by atoms with Crippen LogP contribution in [0.3, 0.4) is 0 Å². The van der Waals surface area contributed by atoms with Crippen LogP contribution in [0.25, 0.3) is 0 Å². The summed E-state index contributed by atoms with van der Waals surface area (Å²) in [5, 5.41) is 85.6. The van der Waals surface area contributed by atoms with Crippen molar-refractivity contribution in [1.29, 1.82) is 0 Å². The lowest BCUT2D eigenvalue weighted by Crippen LogP contribution is -2.63. The first kappa shape index (κ1) is 77.9. The molecule has 13 unspecified atom stereocenters. The number of amides is 12. The van der Waals surface area contributed by atoms with Gasteiger partial charge >= 0.3 is 5.97 Å². The Kier molecular flexibility index (Phi) is 38.2. The molecule has 0 aromatic rings. The second kappa shape index (κ2) is 42.7. The molecule has 496 valence electrons. The van der Waals surface area contributed by atoms with Crippen molar-refractivity contribution in [3.63, 3.8) is 0 Å². The molecule has 31 nitrogen and oxygen atoms in total. The monoisotopic (exact) mass is 1240 g/mol. The number of nitrogens with one attached hydrogen (secondary N) is 10. The third-order valence-electron chi connectivity index (χ3n) is 14.3. The summed E-state index contributed by atoms with van der Waals surface area (Å²) >= 11 is 0. The van der Waals surface area contributed by atoms with Crippen molar-refractivity contribution in [3.05, 3.63) is 0 Å². The van der Waals surface area contributed by atoms with Gasteiger partial charge in [-0.25, -0.2) is 0 Å². The van der Waals surface area contributed by atoms with Gasteiger partial charge in [0.25, 0.3) is 0 Å². The van der Waals surface area contributed by atoms with Gasteiger partial charge in [-0.2, -0.15) is 0 Å². The Balaban J connectivity index is 3.82. The molecule has 31 heteroatoms. The van der Waals surface area contributed by atoms with Crippen molar-refractivity contribution in [1.82, 2.24) is 53.2 Å². The molecular weight excluding hydrogens is 1140 g/mol. The Morgan fingerprint density at radius 3 is 1.47 bits per heavy atom. The fourth-order valence-electron chi connectivity index (χ4n) is 9.20. The van der Waals surface area contributed by atoms with E-state index in [0.717, 1.165) is 78.6 Å². The highest BCUT2D eigenvalue weighted by Crippen LogP contribution is 2.16. The van der Waals surface area contributed by atoms with Gasteiger partial charge in [-0.1, -0.05) is 97.3 Å². The zero-order valence-corrected chi connectivity index (χ0v) is 50.8. The van der Waals surface area contributed by atoms with E-state index in [-0.39, 0.29) is 25.8 Å². The summed E-state index contributed by atoms with van der Waals surface area (Å²) in [6.45, 7) is 6.10. The maximum absolute atomic E-state index is 14.0. The Hall–Kier alpha value is -7.09. The molecule has 1 fully saturated rings. The molecule has 87 heavy (non-hydrogen) atoms. The number of carboxylic acid groups (broad SMARTS) is 1. The summed E-state index contributed by atoms with van der Waals surface area (Å²) in [6.07, 6.45) is 1.18. The lowest BCUT2D eigenvalue weighted by Gasteiger charge is -2.29. The quantitative estimate of drug-likeness (QED) is 0.0305. The predicted molar refractivity (Wildman–Crippen MR) is 312 cm³/mol. The highest BCUT2D eigenvalue weighted by atomic mass is 16.4. The Bertz CT molecular complexity index is 2260. The van der Waals surface area contributed by atoms with Crippen molar-refractivity contribution < 1.29 is 93.0 Å². The smallest absolute Gasteiger partial charge is 0.305 e. The summed E-state index contributed by atoms with van der Waals surface area (Å²) in [6, 6.07) is -14.6. The molecular formula is C56H98N12O19. The molecule has 20 N–H and O–H groups in total. The van der Waals surface area contributed by atoms with E-state index in [4.69, 9.17) is 11.5 Å². The van der Waals surface area contributed by atoms with Gasteiger partial charge in [0.15, 0.2) is 0 Å². The van der Waals surface area contributed by atoms with Crippen LogP contribution in [-0.2, 0) is 62.3 Å². The summed E-state index contributed by atoms with van der Waals surface area (Å²) < 4.78 is 0. The number of aliphatic hydroxyl groups excluding tert-OH is 5. The fraction of sp³-hybridized carbons (Fsp3) is 0.768. The first-order chi connectivity index (χ1) is 41.0. The standard InChI is InChI=1S/C56H98N12O19/c1-6-8-9-10-11-13-17-21-35(72)23-24-37-50(81)60-30-44(76)59-26-25-43(75)62-36(22-18-15-12-14-16-20-34(71)19-7-2)51(82)66-40(29-45(77)78)53(84)65-39(28-42(57)74)52(83)61-31(3)49(80)64-38(27-41(73)48(58)79)54(85)67-47(33(5)70)56(87)68-46(32(4)69)55(86)63-37/h31-41,46-47,69-73H,6-30H2,1-5H3,(H2,57,74)(H2,58,79)(H,59,76)(H,60,81)(H,61,83)(H,62,75)(H,63,86)(H,64,80)(H,65,84)(H,66,82)(H,67,85)(H,68,87)(H,77,78). The minimum absolute atomic E-state index is 0.0446. The summed E-state index contributed by atoms with van der Waals surface area (Å²) in [5.41, 5.74) is 10.6. The molecule has 1 aliphatic heterocycles. The average molecular weight is 1240 g/mol. The van der Waals surface area contributed by atoms with Crippen molar-refractivity contribution in [2.75, 3.05) is 13.1 Å². The first-order valence-corrected chi connectivity index (χ1v) is 30.2. The van der Waals surface area contributed by atoms with Crippen LogP contribution >= 0.6 is 0 Å². The van der Waals surface area contributed by atoms with Crippen LogP contribution in [-0.4, -0.2) is 199 Å². The van der Waals surface area contributed by atoms with Gasteiger partial charge in [-0.05, 0) is 59.3 Å². The topological polar surface area (TPSA) is 516 Å². The number of unbranched alkanes of at least 4 members (excludes halogenated alkanes) is 10. The van der Waals surface area contributed by atoms with E-state index in [9.17, 15) is 93.0 Å². The van der Waals surface area contributed by atoms with Crippen LogP contribution in [0.1, 0.15) is 182 Å². The van der Waals surface area contributed by atoms with E-state index in [1.54, 1.807) is 0 Å². The molecule has 12 amide bonds. The van der Waals surface area contributed by atoms with Gasteiger partial charge < -0.3 is 95.3 Å². The average Bonchev–Trinajstić information content (AvgIpc) is 3.65. The molecule has 1 aliphatic rings. The molecule has 0 aromatic carbocycles. The molecule has 0 saturated carbocycles. The SMILES string of the molecule is CCCCCCCCCC(O)CCC1NC(=O)C(C(C)O)NC(=O)C(C(C)O)NC(=O)C(CC(O)C(N)=O)NC(=O)C(C)NC(=O)C(CC(N)=O)NC(=O)C(CC(=O)O)NC(=O)C(CCCCCCCC(O)CCC)NC(=O)CCNC(=O)CNC1=O. The maximum Gasteiger partial charge on any atom is 0.305 e. The molecule has 0 radical (unpaired) electrons. The lowest BCUT2D eigenvalue weighted by molar-refractivity contribution is -0.142. The third-order valence-corrected chi connectivity index (χ3v) is 14.3. The van der Waals surface area contributed by atoms with Gasteiger partial charge in [-0.15, -0.1) is 0 Å². The summed E-state index contributed by atoms with van der Waals surface area (Å²) in [5.74, 6) is -15.7. The number of carboxylic acids is 1. The van der Waals surface area contributed by atoms with E-state index in [0.29, 0.717) is 44.9 Å². The van der Waals surface area contributed by atoms with Gasteiger partial charge in [-0.3, -0.25) is 62.3 Å².